The molecule has 0 aliphatic heterocycles. The Hall–Kier alpha value is -3.18. The molecule has 35 heavy (non-hydrogen) atoms. The van der Waals surface area contributed by atoms with Crippen molar-refractivity contribution in [1.82, 2.24) is 10.2 Å². The molecule has 0 saturated heterocycles. The molecule has 4 nitrogen and oxygen atoms in total. The molecule has 3 aromatic rings. The van der Waals surface area contributed by atoms with Gasteiger partial charge >= 0.3 is 0 Å². The lowest BCUT2D eigenvalue weighted by Gasteiger charge is -2.43. The SMILES string of the molecule is CCN(CC)C(=O)CC[Si](c1ccccc1)(c1ccccc1)C(NC(=O)c1ccccc1)C(C)C. The third-order valence-corrected chi connectivity index (χ3v) is 12.6. The molecule has 1 atom stereocenters. The topological polar surface area (TPSA) is 49.4 Å². The minimum Gasteiger partial charge on any atom is -0.351 e. The van der Waals surface area contributed by atoms with Crippen molar-refractivity contribution in [3.63, 3.8) is 0 Å². The van der Waals surface area contributed by atoms with Crippen LogP contribution in [0.3, 0.4) is 0 Å². The Kier molecular flexibility index (Phi) is 9.44. The van der Waals surface area contributed by atoms with Gasteiger partial charge in [-0.3, -0.25) is 9.59 Å². The Bertz CT molecular complexity index is 1030. The molecule has 3 aromatic carbocycles. The lowest BCUT2D eigenvalue weighted by atomic mass is 10.2. The summed E-state index contributed by atoms with van der Waals surface area (Å²) in [6.45, 7) is 9.82. The average Bonchev–Trinajstić information content (AvgIpc) is 2.90. The van der Waals surface area contributed by atoms with E-state index in [1.54, 1.807) is 0 Å². The van der Waals surface area contributed by atoms with E-state index in [2.05, 4.69) is 67.7 Å². The van der Waals surface area contributed by atoms with Crippen molar-refractivity contribution in [2.24, 2.45) is 5.92 Å². The molecule has 0 fully saturated rings. The second-order valence-corrected chi connectivity index (χ2v) is 13.6. The average molecular weight is 487 g/mol. The molecule has 3 rings (SSSR count). The molecule has 0 bridgehead atoms. The largest absolute Gasteiger partial charge is 0.351 e. The fourth-order valence-electron chi connectivity index (χ4n) is 5.15. The van der Waals surface area contributed by atoms with Crippen molar-refractivity contribution in [1.29, 1.82) is 0 Å². The van der Waals surface area contributed by atoms with E-state index < -0.39 is 8.07 Å². The van der Waals surface area contributed by atoms with Gasteiger partial charge in [-0.05, 0) is 37.9 Å². The number of amides is 2. The van der Waals surface area contributed by atoms with Crippen LogP contribution < -0.4 is 15.7 Å². The molecule has 0 aliphatic rings. The molecule has 0 radical (unpaired) electrons. The van der Waals surface area contributed by atoms with Gasteiger partial charge in [-0.15, -0.1) is 0 Å². The van der Waals surface area contributed by atoms with E-state index in [1.807, 2.05) is 61.2 Å². The highest BCUT2D eigenvalue weighted by Crippen LogP contribution is 2.25. The van der Waals surface area contributed by atoms with Crippen LogP contribution in [-0.2, 0) is 4.79 Å². The van der Waals surface area contributed by atoms with Crippen LogP contribution in [0.5, 0.6) is 0 Å². The maximum atomic E-state index is 13.4. The van der Waals surface area contributed by atoms with Crippen LogP contribution in [0.4, 0.5) is 0 Å². The Morgan fingerprint density at radius 2 is 1.23 bits per heavy atom. The second-order valence-electron chi connectivity index (χ2n) is 9.33. The Labute approximate surface area is 211 Å². The summed E-state index contributed by atoms with van der Waals surface area (Å²) in [5, 5.41) is 5.93. The monoisotopic (exact) mass is 486 g/mol. The summed E-state index contributed by atoms with van der Waals surface area (Å²) in [7, 11) is -2.65. The lowest BCUT2D eigenvalue weighted by Crippen LogP contribution is -2.72. The van der Waals surface area contributed by atoms with Crippen LogP contribution in [0.15, 0.2) is 91.0 Å². The highest BCUT2D eigenvalue weighted by molar-refractivity contribution is 7.03. The summed E-state index contributed by atoms with van der Waals surface area (Å²) in [4.78, 5) is 28.6. The maximum Gasteiger partial charge on any atom is 0.251 e. The van der Waals surface area contributed by atoms with Gasteiger partial charge in [0.15, 0.2) is 0 Å². The van der Waals surface area contributed by atoms with E-state index in [9.17, 15) is 9.59 Å². The molecule has 0 heterocycles. The molecule has 1 N–H and O–H groups in total. The predicted molar refractivity (Wildman–Crippen MR) is 148 cm³/mol. The molecular weight excluding hydrogens is 448 g/mol. The highest BCUT2D eigenvalue weighted by Gasteiger charge is 2.47. The van der Waals surface area contributed by atoms with Crippen molar-refractivity contribution in [2.45, 2.75) is 45.8 Å². The van der Waals surface area contributed by atoms with Gasteiger partial charge in [0.2, 0.25) is 5.91 Å². The van der Waals surface area contributed by atoms with E-state index in [4.69, 9.17) is 0 Å². The Morgan fingerprint density at radius 3 is 1.66 bits per heavy atom. The zero-order chi connectivity index (χ0) is 25.3. The number of carbonyl (C=O) groups is 2. The van der Waals surface area contributed by atoms with Crippen molar-refractivity contribution in [2.75, 3.05) is 13.1 Å². The normalized spacial score (nSPS) is 12.3. The summed E-state index contributed by atoms with van der Waals surface area (Å²) in [6.07, 6.45) is 0.460. The number of carbonyl (C=O) groups excluding carboxylic acids is 2. The summed E-state index contributed by atoms with van der Waals surface area (Å²) in [6, 6.07) is 31.2. The van der Waals surface area contributed by atoms with Crippen LogP contribution in [0.2, 0.25) is 6.04 Å². The molecule has 184 valence electrons. The van der Waals surface area contributed by atoms with Gasteiger partial charge in [0.1, 0.15) is 8.07 Å². The molecule has 0 aromatic heterocycles. The number of nitrogens with one attached hydrogen (secondary N) is 1. The third-order valence-electron chi connectivity index (χ3n) is 6.95. The minimum atomic E-state index is -2.65. The van der Waals surface area contributed by atoms with Crippen LogP contribution in [0.1, 0.15) is 44.5 Å². The van der Waals surface area contributed by atoms with E-state index in [0.717, 1.165) is 6.04 Å². The first-order valence-electron chi connectivity index (χ1n) is 12.7. The molecule has 0 aliphatic carbocycles. The van der Waals surface area contributed by atoms with E-state index in [1.165, 1.54) is 10.4 Å². The van der Waals surface area contributed by atoms with Crippen molar-refractivity contribution < 1.29 is 9.59 Å². The highest BCUT2D eigenvalue weighted by atomic mass is 28.3. The summed E-state index contributed by atoms with van der Waals surface area (Å²) < 4.78 is 0. The Balaban J connectivity index is 2.15. The van der Waals surface area contributed by atoms with Gasteiger partial charge < -0.3 is 10.2 Å². The first kappa shape index (κ1) is 26.4. The first-order chi connectivity index (χ1) is 16.9. The molecule has 0 saturated carbocycles. The van der Waals surface area contributed by atoms with E-state index in [0.29, 0.717) is 25.1 Å². The summed E-state index contributed by atoms with van der Waals surface area (Å²) in [5.41, 5.74) is 0.561. The maximum absolute atomic E-state index is 13.4. The first-order valence-corrected chi connectivity index (χ1v) is 15.0. The number of hydrogen-bond donors (Lipinski definition) is 1. The standard InChI is InChI=1S/C30H38N2O2Si/c1-5-32(6-2)28(33)22-23-35(26-18-12-8-13-19-26,27-20-14-9-15-21-27)30(24(3)4)31-29(34)25-16-10-7-11-17-25/h7-21,24,30H,5-6,22-23H2,1-4H3,(H,31,34). The summed E-state index contributed by atoms with van der Waals surface area (Å²) >= 11 is 0. The van der Waals surface area contributed by atoms with Crippen molar-refractivity contribution >= 4 is 30.3 Å². The van der Waals surface area contributed by atoms with Gasteiger partial charge in [0, 0.05) is 30.7 Å². The van der Waals surface area contributed by atoms with Crippen LogP contribution in [0.25, 0.3) is 0 Å². The van der Waals surface area contributed by atoms with Crippen LogP contribution in [-0.4, -0.2) is 43.5 Å². The number of rotatable bonds is 11. The molecule has 1 unspecified atom stereocenters. The number of nitrogens with zero attached hydrogens (tertiary/aromatic N) is 1. The molecule has 2 amide bonds. The lowest BCUT2D eigenvalue weighted by molar-refractivity contribution is -0.130. The second kappa shape index (κ2) is 12.5. The quantitative estimate of drug-likeness (QED) is 0.406. The van der Waals surface area contributed by atoms with Gasteiger partial charge in [-0.25, -0.2) is 0 Å². The minimum absolute atomic E-state index is 0.0666. The third kappa shape index (κ3) is 6.09. The van der Waals surface area contributed by atoms with Crippen molar-refractivity contribution in [3.8, 4) is 0 Å². The van der Waals surface area contributed by atoms with Gasteiger partial charge in [-0.2, -0.15) is 0 Å². The molecule has 5 heteroatoms. The number of benzene rings is 3. The van der Waals surface area contributed by atoms with E-state index in [-0.39, 0.29) is 23.4 Å². The Morgan fingerprint density at radius 1 is 0.771 bits per heavy atom. The van der Waals surface area contributed by atoms with Crippen LogP contribution in [0, 0.1) is 5.92 Å². The summed E-state index contributed by atoms with van der Waals surface area (Å²) in [5.74, 6) is 0.289. The fourth-order valence-corrected chi connectivity index (χ4v) is 10.8. The van der Waals surface area contributed by atoms with Crippen LogP contribution >= 0.6 is 0 Å². The van der Waals surface area contributed by atoms with Gasteiger partial charge in [0.25, 0.3) is 5.91 Å². The predicted octanol–water partition coefficient (Wildman–Crippen LogP) is 4.50. The smallest absolute Gasteiger partial charge is 0.251 e. The van der Waals surface area contributed by atoms with E-state index >= 15 is 0 Å². The van der Waals surface area contributed by atoms with Crippen molar-refractivity contribution in [3.05, 3.63) is 96.6 Å². The fraction of sp³-hybridized carbons (Fsp3) is 0.333. The number of hydrogen-bond acceptors (Lipinski definition) is 2. The van der Waals surface area contributed by atoms with Gasteiger partial charge in [-0.1, -0.05) is 103 Å². The molecule has 0 spiro atoms. The molecular formula is C30H38N2O2Si. The zero-order valence-electron chi connectivity index (χ0n) is 21.4. The zero-order valence-corrected chi connectivity index (χ0v) is 22.4. The van der Waals surface area contributed by atoms with Gasteiger partial charge in [0.05, 0.1) is 0 Å².